The first kappa shape index (κ1) is 13.9. The van der Waals surface area contributed by atoms with Gasteiger partial charge >= 0.3 is 0 Å². The number of carbonyl (C=O) groups excluding carboxylic acids is 2. The molecule has 0 saturated carbocycles. The SMILES string of the molecule is [NH3+]CCCC[C@H]([NH3+])C(=O)N1CCC[C@H]1C(=O)[O-]. The highest BCUT2D eigenvalue weighted by molar-refractivity contribution is 5.85. The van der Waals surface area contributed by atoms with Gasteiger partial charge in [-0.1, -0.05) is 0 Å². The van der Waals surface area contributed by atoms with E-state index in [-0.39, 0.29) is 11.9 Å². The molecular weight excluding hydrogens is 222 g/mol. The Morgan fingerprint density at radius 2 is 2.12 bits per heavy atom. The predicted octanol–water partition coefficient (Wildman–Crippen LogP) is -3.25. The number of amides is 1. The zero-order valence-corrected chi connectivity index (χ0v) is 10.2. The number of nitrogens with zero attached hydrogens (tertiary/aromatic N) is 1. The molecule has 0 spiro atoms. The molecular formula is C11H22N3O3+. The lowest BCUT2D eigenvalue weighted by Crippen LogP contribution is -2.68. The number of likely N-dealkylation sites (tertiary alicyclic amines) is 1. The normalized spacial score (nSPS) is 21.5. The molecule has 98 valence electrons. The van der Waals surface area contributed by atoms with Gasteiger partial charge in [0.15, 0.2) is 6.04 Å². The molecule has 1 heterocycles. The maximum absolute atomic E-state index is 12.0. The van der Waals surface area contributed by atoms with E-state index in [0.29, 0.717) is 19.4 Å². The molecule has 6 nitrogen and oxygen atoms in total. The third kappa shape index (κ3) is 3.67. The highest BCUT2D eigenvalue weighted by Crippen LogP contribution is 2.18. The molecule has 1 saturated heterocycles. The van der Waals surface area contributed by atoms with Gasteiger partial charge in [-0.05, 0) is 25.7 Å². The van der Waals surface area contributed by atoms with Gasteiger partial charge in [0.25, 0.3) is 5.91 Å². The lowest BCUT2D eigenvalue weighted by molar-refractivity contribution is -0.408. The van der Waals surface area contributed by atoms with Gasteiger partial charge in [0, 0.05) is 13.0 Å². The molecule has 0 unspecified atom stereocenters. The number of quaternary nitrogens is 2. The summed E-state index contributed by atoms with van der Waals surface area (Å²) in [4.78, 5) is 24.3. The second kappa shape index (κ2) is 6.56. The van der Waals surface area contributed by atoms with Crippen molar-refractivity contribution in [3.8, 4) is 0 Å². The van der Waals surface area contributed by atoms with Crippen molar-refractivity contribution in [2.45, 2.75) is 44.2 Å². The number of hydrogen-bond donors (Lipinski definition) is 2. The molecule has 2 atom stereocenters. The van der Waals surface area contributed by atoms with E-state index in [9.17, 15) is 14.7 Å². The van der Waals surface area contributed by atoms with E-state index >= 15 is 0 Å². The van der Waals surface area contributed by atoms with Gasteiger partial charge in [-0.3, -0.25) is 4.79 Å². The molecule has 0 radical (unpaired) electrons. The van der Waals surface area contributed by atoms with Crippen molar-refractivity contribution in [2.24, 2.45) is 0 Å². The van der Waals surface area contributed by atoms with E-state index < -0.39 is 12.0 Å². The molecule has 0 aromatic rings. The minimum atomic E-state index is -1.15. The Labute approximate surface area is 101 Å². The molecule has 0 aromatic carbocycles. The van der Waals surface area contributed by atoms with E-state index in [2.05, 4.69) is 11.5 Å². The van der Waals surface area contributed by atoms with Crippen molar-refractivity contribution in [2.75, 3.05) is 13.1 Å². The van der Waals surface area contributed by atoms with Gasteiger partial charge in [0.05, 0.1) is 18.6 Å². The first-order chi connectivity index (χ1) is 8.07. The Hall–Kier alpha value is -1.14. The fourth-order valence-electron chi connectivity index (χ4n) is 2.20. The topological polar surface area (TPSA) is 116 Å². The van der Waals surface area contributed by atoms with Crippen LogP contribution >= 0.6 is 0 Å². The lowest BCUT2D eigenvalue weighted by atomic mass is 10.1. The maximum atomic E-state index is 12.0. The number of rotatable bonds is 6. The minimum Gasteiger partial charge on any atom is -0.548 e. The summed E-state index contributed by atoms with van der Waals surface area (Å²) in [7, 11) is 0. The molecule has 0 aliphatic carbocycles. The highest BCUT2D eigenvalue weighted by atomic mass is 16.4. The van der Waals surface area contributed by atoms with Crippen LogP contribution < -0.4 is 16.6 Å². The van der Waals surface area contributed by atoms with Crippen LogP contribution in [0.25, 0.3) is 0 Å². The standard InChI is InChI=1S/C11H21N3O3/c12-6-2-1-4-8(13)10(15)14-7-3-5-9(14)11(16)17/h8-9H,1-7,12-13H2,(H,16,17)/p+1/t8-,9-/m0/s1. The fraction of sp³-hybridized carbons (Fsp3) is 0.818. The molecule has 1 fully saturated rings. The van der Waals surface area contributed by atoms with Crippen molar-refractivity contribution in [3.05, 3.63) is 0 Å². The van der Waals surface area contributed by atoms with E-state index in [1.807, 2.05) is 0 Å². The monoisotopic (exact) mass is 244 g/mol. The Morgan fingerprint density at radius 1 is 1.41 bits per heavy atom. The lowest BCUT2D eigenvalue weighted by Gasteiger charge is -2.26. The highest BCUT2D eigenvalue weighted by Gasteiger charge is 2.33. The van der Waals surface area contributed by atoms with Crippen LogP contribution in [0.3, 0.4) is 0 Å². The van der Waals surface area contributed by atoms with Crippen molar-refractivity contribution >= 4 is 11.9 Å². The van der Waals surface area contributed by atoms with Gasteiger partial charge < -0.3 is 26.3 Å². The summed E-state index contributed by atoms with van der Waals surface area (Å²) in [6, 6.07) is -1.10. The van der Waals surface area contributed by atoms with Gasteiger partial charge in [-0.2, -0.15) is 0 Å². The molecule has 6 heteroatoms. The third-order valence-corrected chi connectivity index (χ3v) is 3.21. The van der Waals surface area contributed by atoms with Crippen LogP contribution in [-0.2, 0) is 9.59 Å². The maximum Gasteiger partial charge on any atom is 0.281 e. The Kier molecular flexibility index (Phi) is 5.37. The third-order valence-electron chi connectivity index (χ3n) is 3.21. The quantitative estimate of drug-likeness (QED) is 0.478. The van der Waals surface area contributed by atoms with Crippen LogP contribution in [0.4, 0.5) is 0 Å². The van der Waals surface area contributed by atoms with Crippen LogP contribution in [-0.4, -0.2) is 41.9 Å². The molecule has 0 bridgehead atoms. The molecule has 1 amide bonds. The molecule has 1 rings (SSSR count). The second-order valence-corrected chi connectivity index (χ2v) is 4.55. The molecule has 1 aliphatic heterocycles. The molecule has 17 heavy (non-hydrogen) atoms. The average molecular weight is 244 g/mol. The summed E-state index contributed by atoms with van der Waals surface area (Å²) in [5, 5.41) is 10.9. The van der Waals surface area contributed by atoms with Gasteiger partial charge in [0.2, 0.25) is 0 Å². The van der Waals surface area contributed by atoms with Gasteiger partial charge in [-0.15, -0.1) is 0 Å². The number of carboxylic acids is 1. The van der Waals surface area contributed by atoms with Crippen LogP contribution in [0.5, 0.6) is 0 Å². The van der Waals surface area contributed by atoms with E-state index in [0.717, 1.165) is 25.8 Å². The van der Waals surface area contributed by atoms with E-state index in [4.69, 9.17) is 0 Å². The number of unbranched alkanes of at least 4 members (excludes halogenated alkanes) is 1. The average Bonchev–Trinajstić information content (AvgIpc) is 2.77. The second-order valence-electron chi connectivity index (χ2n) is 4.55. The Bertz CT molecular complexity index is 283. The first-order valence-electron chi connectivity index (χ1n) is 6.21. The summed E-state index contributed by atoms with van der Waals surface area (Å²) in [6.07, 6.45) is 3.82. The van der Waals surface area contributed by atoms with Crippen LogP contribution in [0, 0.1) is 0 Å². The van der Waals surface area contributed by atoms with Crippen LogP contribution in [0.15, 0.2) is 0 Å². The Balaban J connectivity index is 2.47. The number of carboxylic acid groups (broad SMARTS) is 1. The molecule has 0 aromatic heterocycles. The smallest absolute Gasteiger partial charge is 0.281 e. The van der Waals surface area contributed by atoms with Crippen LogP contribution in [0.1, 0.15) is 32.1 Å². The zero-order valence-electron chi connectivity index (χ0n) is 10.2. The van der Waals surface area contributed by atoms with Crippen molar-refractivity contribution < 1.29 is 26.2 Å². The number of aliphatic carboxylic acids is 1. The Morgan fingerprint density at radius 3 is 2.71 bits per heavy atom. The first-order valence-corrected chi connectivity index (χ1v) is 6.21. The zero-order chi connectivity index (χ0) is 12.8. The minimum absolute atomic E-state index is 0.152. The molecule has 1 aliphatic rings. The van der Waals surface area contributed by atoms with E-state index in [1.165, 1.54) is 4.90 Å². The molecule has 6 N–H and O–H groups in total. The van der Waals surface area contributed by atoms with Gasteiger partial charge in [0.1, 0.15) is 0 Å². The summed E-state index contributed by atoms with van der Waals surface area (Å²) < 4.78 is 0. The van der Waals surface area contributed by atoms with Crippen molar-refractivity contribution in [3.63, 3.8) is 0 Å². The summed E-state index contributed by atoms with van der Waals surface area (Å²) in [5.41, 5.74) is 7.56. The van der Waals surface area contributed by atoms with Crippen molar-refractivity contribution in [1.29, 1.82) is 0 Å². The summed E-state index contributed by atoms with van der Waals surface area (Å²) in [5.74, 6) is -1.30. The van der Waals surface area contributed by atoms with Crippen molar-refractivity contribution in [1.82, 2.24) is 4.90 Å². The number of carbonyl (C=O) groups is 2. The number of hydrogen-bond acceptors (Lipinski definition) is 3. The largest absolute Gasteiger partial charge is 0.548 e. The summed E-state index contributed by atoms with van der Waals surface area (Å²) in [6.45, 7) is 1.37. The summed E-state index contributed by atoms with van der Waals surface area (Å²) >= 11 is 0. The predicted molar refractivity (Wildman–Crippen MR) is 58.0 cm³/mol. The van der Waals surface area contributed by atoms with E-state index in [1.54, 1.807) is 0 Å². The van der Waals surface area contributed by atoms with Crippen LogP contribution in [0.2, 0.25) is 0 Å². The fourth-order valence-corrected chi connectivity index (χ4v) is 2.20. The van der Waals surface area contributed by atoms with Gasteiger partial charge in [-0.25, -0.2) is 0 Å².